The Hall–Kier alpha value is -1.60. The van der Waals surface area contributed by atoms with E-state index in [1.807, 2.05) is 0 Å². The first kappa shape index (κ1) is 28.4. The molecule has 1 rings (SSSR count). The lowest BCUT2D eigenvalue weighted by molar-refractivity contribution is -0.419. The molecule has 0 spiro atoms. The molecule has 19 heteroatoms. The van der Waals surface area contributed by atoms with E-state index in [0.29, 0.717) is 29.9 Å². The molecule has 0 aromatic heterocycles. The molecule has 0 saturated carbocycles. The average molecular weight is 513 g/mol. The zero-order valence-corrected chi connectivity index (χ0v) is 17.9. The highest BCUT2D eigenvalue weighted by molar-refractivity contribution is 7.98. The van der Waals surface area contributed by atoms with Crippen molar-refractivity contribution >= 4 is 48.1 Å². The molecule has 0 unspecified atom stereocenters. The molecule has 1 N–H and O–H groups in total. The number of nitrogens with zero attached hydrogens (tertiary/aromatic N) is 3. The van der Waals surface area contributed by atoms with Gasteiger partial charge in [-0.05, 0) is 6.42 Å². The van der Waals surface area contributed by atoms with Gasteiger partial charge in [0.1, 0.15) is 7.05 Å². The standard InChI is InChI=1S/C10H13F6N3O4S2.CH4O3S/c1-3-4-5-7-17-6-8(18(7)2)19(24(20,21)9(11,12)13)25(22,23)10(14,15)16;1-5(2,3)4/h6H,3-5H2,1-2H3;1H3,(H,2,3,4)/q+2;. The summed E-state index contributed by atoms with van der Waals surface area (Å²) in [5.74, 6) is -1.46. The third-order valence-electron chi connectivity index (χ3n) is 3.02. The molecule has 0 fully saturated rings. The minimum absolute atomic E-state index is 0.0726. The number of halogens is 6. The highest BCUT2D eigenvalue weighted by Gasteiger charge is 2.67. The monoisotopic (exact) mass is 513 g/mol. The number of rotatable bonds is 5. The van der Waals surface area contributed by atoms with Crippen molar-refractivity contribution < 1.29 is 64.1 Å². The van der Waals surface area contributed by atoms with Crippen molar-refractivity contribution in [3.63, 3.8) is 0 Å². The minimum Gasteiger partial charge on any atom is -0.286 e. The van der Waals surface area contributed by atoms with Crippen LogP contribution in [0.1, 0.15) is 26.2 Å². The van der Waals surface area contributed by atoms with Crippen LogP contribution in [0.25, 0.3) is 0 Å². The lowest BCUT2D eigenvalue weighted by Crippen LogP contribution is -2.48. The van der Waals surface area contributed by atoms with Crippen molar-refractivity contribution in [3.8, 4) is 0 Å². The Balaban J connectivity index is 0.00000150. The van der Waals surface area contributed by atoms with Crippen molar-refractivity contribution in [2.45, 2.75) is 37.2 Å². The SMILES string of the molecule is CCCCC1=[N+](C)C(=[N+](S(=O)(=O)C(F)(F)F)S(=O)(=O)C(F)(F)F)C=N1.CS(=O)(=O)O. The van der Waals surface area contributed by atoms with Gasteiger partial charge in [0, 0.05) is 8.38 Å². The van der Waals surface area contributed by atoms with E-state index < -0.39 is 50.4 Å². The summed E-state index contributed by atoms with van der Waals surface area (Å²) >= 11 is 0. The van der Waals surface area contributed by atoms with E-state index in [2.05, 4.69) is 4.99 Å². The van der Waals surface area contributed by atoms with Crippen molar-refractivity contribution in [2.24, 2.45) is 4.99 Å². The maximum absolute atomic E-state index is 12.7. The largest absolute Gasteiger partial charge is 0.546 e. The van der Waals surface area contributed by atoms with Crippen molar-refractivity contribution in [2.75, 3.05) is 13.3 Å². The first-order valence-corrected chi connectivity index (χ1v) is 12.2. The van der Waals surface area contributed by atoms with Crippen LogP contribution in [0.4, 0.5) is 26.3 Å². The second-order valence-corrected chi connectivity index (χ2v) is 10.8. The molecule has 0 radical (unpaired) electrons. The molecule has 0 saturated heterocycles. The summed E-state index contributed by atoms with van der Waals surface area (Å²) in [6.45, 7) is 1.75. The highest BCUT2D eigenvalue weighted by Crippen LogP contribution is 2.32. The van der Waals surface area contributed by atoms with Crippen molar-refractivity contribution in [1.82, 2.24) is 0 Å². The first-order valence-electron chi connectivity index (χ1n) is 7.45. The van der Waals surface area contributed by atoms with E-state index in [1.165, 1.54) is 0 Å². The van der Waals surface area contributed by atoms with Crippen molar-refractivity contribution in [1.29, 1.82) is 0 Å². The van der Waals surface area contributed by atoms with Gasteiger partial charge in [0.25, 0.3) is 16.3 Å². The van der Waals surface area contributed by atoms with Crippen LogP contribution >= 0.6 is 0 Å². The van der Waals surface area contributed by atoms with Gasteiger partial charge in [-0.25, -0.2) is 0 Å². The lowest BCUT2D eigenvalue weighted by atomic mass is 10.2. The van der Waals surface area contributed by atoms with Gasteiger partial charge < -0.3 is 0 Å². The second kappa shape index (κ2) is 9.27. The Morgan fingerprint density at radius 3 is 1.67 bits per heavy atom. The summed E-state index contributed by atoms with van der Waals surface area (Å²) in [5, 5.41) is 0. The van der Waals surface area contributed by atoms with Gasteiger partial charge in [-0.2, -0.15) is 56.2 Å². The van der Waals surface area contributed by atoms with Crippen LogP contribution in [0.15, 0.2) is 4.99 Å². The van der Waals surface area contributed by atoms with E-state index >= 15 is 0 Å². The molecule has 30 heavy (non-hydrogen) atoms. The normalized spacial score (nSPS) is 15.9. The van der Waals surface area contributed by atoms with Gasteiger partial charge in [-0.3, -0.25) is 4.55 Å². The molecular formula is C11H17F6N3O7S3+2. The van der Waals surface area contributed by atoms with Gasteiger partial charge in [0.05, 0.1) is 12.7 Å². The maximum atomic E-state index is 12.7. The van der Waals surface area contributed by atoms with Crippen LogP contribution in [0, 0.1) is 0 Å². The molecule has 176 valence electrons. The Labute approximate surface area is 168 Å². The third-order valence-corrected chi connectivity index (χ3v) is 6.62. The van der Waals surface area contributed by atoms with Gasteiger partial charge >= 0.3 is 42.7 Å². The number of alkyl halides is 6. The van der Waals surface area contributed by atoms with E-state index in [9.17, 15) is 51.6 Å². The summed E-state index contributed by atoms with van der Waals surface area (Å²) in [5.41, 5.74) is -12.6. The van der Waals surface area contributed by atoms with E-state index in [-0.39, 0.29) is 12.3 Å². The third kappa shape index (κ3) is 6.98. The molecule has 0 aromatic carbocycles. The molecule has 10 nitrogen and oxygen atoms in total. The number of amidine groups is 2. The zero-order chi connectivity index (χ0) is 24.3. The van der Waals surface area contributed by atoms with Gasteiger partial charge in [-0.15, -0.1) is 0 Å². The van der Waals surface area contributed by atoms with Gasteiger partial charge in [0.2, 0.25) is 0 Å². The molecular weight excluding hydrogens is 496 g/mol. The molecule has 0 aliphatic carbocycles. The van der Waals surface area contributed by atoms with Crippen LogP contribution in [-0.2, 0) is 30.2 Å². The molecule has 1 aliphatic heterocycles. The van der Waals surface area contributed by atoms with Crippen LogP contribution in [0.3, 0.4) is 0 Å². The molecule has 0 atom stereocenters. The summed E-state index contributed by atoms with van der Waals surface area (Å²) in [7, 11) is -16.5. The van der Waals surface area contributed by atoms with Crippen LogP contribution in [0.5, 0.6) is 0 Å². The Bertz CT molecular complexity index is 1010. The number of hydrogen-bond acceptors (Lipinski definition) is 7. The summed E-state index contributed by atoms with van der Waals surface area (Å²) in [4.78, 5) is 3.52. The fourth-order valence-corrected chi connectivity index (χ4v) is 4.49. The highest BCUT2D eigenvalue weighted by atomic mass is 32.3. The number of aliphatic imine (C=N–C) groups is 1. The molecule has 1 aliphatic rings. The fourth-order valence-electron chi connectivity index (χ4n) is 1.74. The number of unbranched alkanes of at least 4 members (excludes halogenated alkanes) is 1. The van der Waals surface area contributed by atoms with Gasteiger partial charge in [-0.1, -0.05) is 13.3 Å². The fraction of sp³-hybridized carbons (Fsp3) is 0.727. The quantitative estimate of drug-likeness (QED) is 0.327. The lowest BCUT2D eigenvalue weighted by Gasteiger charge is -2.11. The number of sulfonamides is 2. The summed E-state index contributed by atoms with van der Waals surface area (Å²) in [6, 6.07) is 0. The molecule has 1 heterocycles. The second-order valence-electron chi connectivity index (χ2n) is 5.53. The van der Waals surface area contributed by atoms with Crippen LogP contribution < -0.4 is 0 Å². The van der Waals surface area contributed by atoms with Crippen molar-refractivity contribution in [3.05, 3.63) is 0 Å². The van der Waals surface area contributed by atoms with E-state index in [4.69, 9.17) is 4.55 Å². The molecule has 0 aromatic rings. The smallest absolute Gasteiger partial charge is 0.286 e. The Kier molecular flexibility index (Phi) is 8.77. The summed E-state index contributed by atoms with van der Waals surface area (Å²) in [6.07, 6.45) is 2.19. The maximum Gasteiger partial charge on any atom is 0.546 e. The first-order chi connectivity index (χ1) is 13.1. The van der Waals surface area contributed by atoms with Crippen LogP contribution in [-0.4, -0.2) is 80.0 Å². The number of hydrogen-bond donors (Lipinski definition) is 1. The Morgan fingerprint density at radius 2 is 1.37 bits per heavy atom. The predicted octanol–water partition coefficient (Wildman–Crippen LogP) is 0.916. The summed E-state index contributed by atoms with van der Waals surface area (Å²) < 4.78 is 147. The minimum atomic E-state index is -6.90. The Morgan fingerprint density at radius 1 is 1.00 bits per heavy atom. The van der Waals surface area contributed by atoms with Gasteiger partial charge in [0.15, 0.2) is 0 Å². The average Bonchev–Trinajstić information content (AvgIpc) is 2.82. The molecule has 0 amide bonds. The topological polar surface area (TPSA) is 141 Å². The van der Waals surface area contributed by atoms with E-state index in [0.717, 1.165) is 7.05 Å². The molecule has 0 bridgehead atoms. The zero-order valence-electron chi connectivity index (χ0n) is 15.4. The predicted molar refractivity (Wildman–Crippen MR) is 91.9 cm³/mol. The van der Waals surface area contributed by atoms with Crippen LogP contribution in [0.2, 0.25) is 0 Å². The van der Waals surface area contributed by atoms with E-state index in [1.54, 1.807) is 6.92 Å².